The highest BCUT2D eigenvalue weighted by molar-refractivity contribution is 6.02. The number of methoxy groups -OCH3 is 1. The molecule has 10 heterocycles. The van der Waals surface area contributed by atoms with Gasteiger partial charge in [0.05, 0.1) is 17.9 Å². The lowest BCUT2D eigenvalue weighted by Crippen LogP contribution is -2.47. The zero-order valence-corrected chi connectivity index (χ0v) is 58.9. The number of nitrogens with zero attached hydrogens (tertiary/aromatic N) is 8. The van der Waals surface area contributed by atoms with E-state index >= 15 is 4.39 Å². The molecule has 24 heteroatoms. The summed E-state index contributed by atoms with van der Waals surface area (Å²) in [5, 5.41) is 13.3. The van der Waals surface area contributed by atoms with Crippen LogP contribution < -0.4 is 51.7 Å². The lowest BCUT2D eigenvalue weighted by Gasteiger charge is -2.40. The van der Waals surface area contributed by atoms with Crippen molar-refractivity contribution >= 4 is 67.9 Å². The summed E-state index contributed by atoms with van der Waals surface area (Å²) in [7, 11) is 3.17. The van der Waals surface area contributed by atoms with Gasteiger partial charge >= 0.3 is 6.36 Å². The summed E-state index contributed by atoms with van der Waals surface area (Å²) in [5.74, 6) is 0.136. The van der Waals surface area contributed by atoms with E-state index in [2.05, 4.69) is 75.1 Å². The van der Waals surface area contributed by atoms with Crippen LogP contribution in [0, 0.1) is 35.4 Å². The Balaban J connectivity index is 0.652. The molecule has 6 aliphatic heterocycles. The van der Waals surface area contributed by atoms with Crippen molar-refractivity contribution in [2.24, 2.45) is 36.6 Å². The van der Waals surface area contributed by atoms with Crippen molar-refractivity contribution in [3.63, 3.8) is 0 Å². The first-order valence-electron chi connectivity index (χ1n) is 36.8. The molecule has 4 aromatic heterocycles. The number of fused-ring (bicyclic) bond motifs is 2. The predicted molar refractivity (Wildman–Crippen MR) is 393 cm³/mol. The standard InChI is InChI=1S/C80H90F4N12O8/c1-91-47-66(62-21-30-85-42-64(62)78(91)101)56-39-69(81)68(73(41-56)103-2)48-93-34-29-53(6-5-52-27-37-95(38-28-52)61-15-11-59(12-16-61)88-71-18-20-75(98)90-77(71)100)57(45-93)46-96-49-67(63-22-31-86-43-65(63)79(96)102)54-7-8-55(72(40-54)104-80(82,83)84)44-92-32-23-50(24-33-92)3-4-51-25-35-94(36-26-51)60-13-9-58(10-14-60)87-70-17-19-74(97)89-76(70)99/h7-16,21-22,30-31,39-43,47,49-53,57,70-71,87-88H,3-6,17-20,23-29,32-38,44-46,48H2,1-2H3,(H,89,97,99)(H,90,98,100). The van der Waals surface area contributed by atoms with E-state index < -0.39 is 24.3 Å². The number of amides is 4. The molecule has 4 atom stereocenters. The molecule has 104 heavy (non-hydrogen) atoms. The minimum absolute atomic E-state index is 0.112. The van der Waals surface area contributed by atoms with Crippen molar-refractivity contribution in [3.05, 3.63) is 166 Å². The van der Waals surface area contributed by atoms with Crippen LogP contribution in [0.2, 0.25) is 0 Å². The van der Waals surface area contributed by atoms with Gasteiger partial charge < -0.3 is 39.0 Å². The second-order valence-electron chi connectivity index (χ2n) is 29.5. The summed E-state index contributed by atoms with van der Waals surface area (Å²) in [6.45, 7) is 7.09. The quantitative estimate of drug-likeness (QED) is 0.0366. The highest BCUT2D eigenvalue weighted by atomic mass is 19.4. The molecular formula is C80H90F4N12O8. The molecule has 6 saturated heterocycles. The first kappa shape index (κ1) is 71.3. The van der Waals surface area contributed by atoms with E-state index in [9.17, 15) is 41.9 Å². The average molecular weight is 1420 g/mol. The Morgan fingerprint density at radius 3 is 1.61 bits per heavy atom. The highest BCUT2D eigenvalue weighted by Gasteiger charge is 2.36. The van der Waals surface area contributed by atoms with Crippen molar-refractivity contribution in [2.75, 3.05) is 79.9 Å². The number of carbonyl (C=O) groups is 4. The number of ether oxygens (including phenoxy) is 2. The first-order chi connectivity index (χ1) is 50.3. The number of likely N-dealkylation sites (tertiary alicyclic amines) is 2. The van der Waals surface area contributed by atoms with Gasteiger partial charge in [-0.1, -0.05) is 31.4 Å². The largest absolute Gasteiger partial charge is 0.573 e. The Bertz CT molecular complexity index is 4580. The van der Waals surface area contributed by atoms with Gasteiger partial charge in [0, 0.05) is 154 Å². The number of halogens is 4. The van der Waals surface area contributed by atoms with Crippen LogP contribution in [0.25, 0.3) is 43.8 Å². The van der Waals surface area contributed by atoms with Crippen LogP contribution in [0.1, 0.15) is 107 Å². The molecular weight excluding hydrogens is 1330 g/mol. The van der Waals surface area contributed by atoms with Crippen molar-refractivity contribution in [1.29, 1.82) is 0 Å². The molecule has 0 bridgehead atoms. The fourth-order valence-electron chi connectivity index (χ4n) is 16.8. The van der Waals surface area contributed by atoms with Crippen LogP contribution >= 0.6 is 0 Å². The Morgan fingerprint density at radius 1 is 0.538 bits per heavy atom. The molecule has 0 radical (unpaired) electrons. The fraction of sp³-hybridized carbons (Fsp3) is 0.450. The van der Waals surface area contributed by atoms with Crippen LogP contribution in [0.15, 0.2) is 138 Å². The van der Waals surface area contributed by atoms with Gasteiger partial charge in [0.25, 0.3) is 11.1 Å². The molecule has 8 aromatic rings. The Labute approximate surface area is 601 Å². The zero-order valence-electron chi connectivity index (χ0n) is 58.9. The van der Waals surface area contributed by atoms with E-state index in [-0.39, 0.29) is 72.0 Å². The second-order valence-corrected chi connectivity index (χ2v) is 29.5. The maximum Gasteiger partial charge on any atom is 0.573 e. The first-order valence-corrected chi connectivity index (χ1v) is 36.8. The summed E-state index contributed by atoms with van der Waals surface area (Å²) in [6, 6.07) is 27.1. The molecule has 546 valence electrons. The summed E-state index contributed by atoms with van der Waals surface area (Å²) in [5.41, 5.74) is 6.41. The third-order valence-corrected chi connectivity index (χ3v) is 22.8. The van der Waals surface area contributed by atoms with E-state index in [1.807, 2.05) is 30.3 Å². The lowest BCUT2D eigenvalue weighted by molar-refractivity contribution is -0.275. The van der Waals surface area contributed by atoms with E-state index in [0.29, 0.717) is 117 Å². The smallest absolute Gasteiger partial charge is 0.496 e. The average Bonchev–Trinajstić information content (AvgIpc) is 0.768. The number of benzene rings is 4. The minimum atomic E-state index is -4.97. The molecule has 14 rings (SSSR count). The van der Waals surface area contributed by atoms with E-state index in [1.165, 1.54) is 36.2 Å². The van der Waals surface area contributed by atoms with Crippen molar-refractivity contribution < 1.29 is 46.2 Å². The number of rotatable bonds is 22. The van der Waals surface area contributed by atoms with Gasteiger partial charge in [-0.2, -0.15) is 0 Å². The number of hydrogen-bond donors (Lipinski definition) is 4. The number of piperidine rings is 6. The fourth-order valence-corrected chi connectivity index (χ4v) is 16.8. The maximum atomic E-state index is 16.9. The molecule has 0 saturated carbocycles. The van der Waals surface area contributed by atoms with Gasteiger partial charge in [0.15, 0.2) is 0 Å². The van der Waals surface area contributed by atoms with Crippen LogP contribution in [-0.2, 0) is 45.9 Å². The summed E-state index contributed by atoms with van der Waals surface area (Å²) in [6.07, 6.45) is 17.2. The second kappa shape index (κ2) is 31.3. The van der Waals surface area contributed by atoms with Crippen LogP contribution in [0.4, 0.5) is 40.3 Å². The Kier molecular flexibility index (Phi) is 21.5. The Morgan fingerprint density at radius 2 is 1.06 bits per heavy atom. The maximum absolute atomic E-state index is 16.9. The molecule has 6 fully saturated rings. The number of alkyl halides is 3. The predicted octanol–water partition coefficient (Wildman–Crippen LogP) is 12.2. The topological polar surface area (TPSA) is 218 Å². The summed E-state index contributed by atoms with van der Waals surface area (Å²) in [4.78, 5) is 93.9. The summed E-state index contributed by atoms with van der Waals surface area (Å²) < 4.78 is 74.7. The monoisotopic (exact) mass is 1420 g/mol. The number of anilines is 4. The number of carbonyl (C=O) groups excluding carboxylic acids is 4. The molecule has 0 aliphatic carbocycles. The van der Waals surface area contributed by atoms with E-state index in [4.69, 9.17) is 9.47 Å². The van der Waals surface area contributed by atoms with Gasteiger partial charge in [-0.25, -0.2) is 4.39 Å². The number of aryl methyl sites for hydroxylation is 1. The van der Waals surface area contributed by atoms with Crippen molar-refractivity contribution in [1.82, 2.24) is 39.5 Å². The molecule has 0 spiro atoms. The zero-order chi connectivity index (χ0) is 72.2. The van der Waals surface area contributed by atoms with Crippen LogP contribution in [0.3, 0.4) is 0 Å². The number of imide groups is 2. The number of aromatic nitrogens is 4. The molecule has 4 unspecified atom stereocenters. The van der Waals surface area contributed by atoms with Gasteiger partial charge in [0.1, 0.15) is 29.4 Å². The highest BCUT2D eigenvalue weighted by Crippen LogP contribution is 2.41. The molecule has 20 nitrogen and oxygen atoms in total. The van der Waals surface area contributed by atoms with Gasteiger partial charge in [-0.3, -0.25) is 59.2 Å². The third-order valence-electron chi connectivity index (χ3n) is 22.8. The van der Waals surface area contributed by atoms with Gasteiger partial charge in [-0.05, 0) is 214 Å². The third kappa shape index (κ3) is 16.6. The number of pyridine rings is 4. The molecule has 6 aliphatic rings. The van der Waals surface area contributed by atoms with Gasteiger partial charge in [-0.15, -0.1) is 13.2 Å². The normalized spacial score (nSPS) is 20.8. The summed E-state index contributed by atoms with van der Waals surface area (Å²) >= 11 is 0. The number of nitrogens with one attached hydrogen (secondary N) is 4. The van der Waals surface area contributed by atoms with Crippen LogP contribution in [-0.4, -0.2) is 130 Å². The minimum Gasteiger partial charge on any atom is -0.496 e. The Hall–Kier alpha value is -9.68. The van der Waals surface area contributed by atoms with E-state index in [0.717, 1.165) is 133 Å². The van der Waals surface area contributed by atoms with Gasteiger partial charge in [0.2, 0.25) is 23.6 Å². The SMILES string of the molecule is COc1cc(-c2cn(C)c(=O)c3cnccc23)cc(F)c1CN1CCC(CCC2CCN(c3ccc(NC4CCC(=O)NC4=O)cc3)CC2)C(Cn2cc(-c3ccc(CN4CCC(CCC5CCN(c6ccc(NC7CCC(=O)NC7=O)cc6)CC5)CC4)c(OC(F)(F)F)c3)c3ccncc3c2=O)C1. The molecule has 4 aromatic carbocycles. The van der Waals surface area contributed by atoms with E-state index in [1.54, 1.807) is 60.7 Å². The number of hydrogen-bond acceptors (Lipinski definition) is 16. The van der Waals surface area contributed by atoms with Crippen molar-refractivity contribution in [3.8, 4) is 33.8 Å². The molecule has 4 N–H and O–H groups in total. The van der Waals surface area contributed by atoms with Crippen molar-refractivity contribution in [2.45, 2.75) is 134 Å². The lowest BCUT2D eigenvalue weighted by atomic mass is 9.79. The van der Waals surface area contributed by atoms with Crippen LogP contribution in [0.5, 0.6) is 11.5 Å². The molecule has 4 amide bonds.